The van der Waals surface area contributed by atoms with Crippen molar-refractivity contribution in [1.29, 1.82) is 0 Å². The second kappa shape index (κ2) is 5.13. The van der Waals surface area contributed by atoms with E-state index in [9.17, 15) is 4.79 Å². The van der Waals surface area contributed by atoms with Gasteiger partial charge >= 0.3 is 5.69 Å². The minimum Gasteiger partial charge on any atom is -0.366 e. The Morgan fingerprint density at radius 2 is 2.05 bits per heavy atom. The summed E-state index contributed by atoms with van der Waals surface area (Å²) in [7, 11) is 0. The van der Waals surface area contributed by atoms with Gasteiger partial charge in [0.2, 0.25) is 5.95 Å². The fourth-order valence-electron chi connectivity index (χ4n) is 2.19. The molecular weight excluding hydrogens is 348 g/mol. The number of imidazole rings is 1. The molecule has 8 heteroatoms. The van der Waals surface area contributed by atoms with Crippen molar-refractivity contribution in [3.63, 3.8) is 0 Å². The Bertz CT molecular complexity index is 898. The van der Waals surface area contributed by atoms with E-state index in [0.717, 1.165) is 27.0 Å². The first-order valence-corrected chi connectivity index (χ1v) is 7.75. The summed E-state index contributed by atoms with van der Waals surface area (Å²) < 4.78 is 0.843. The van der Waals surface area contributed by atoms with Crippen LogP contribution in [0.1, 0.15) is 12.8 Å². The number of halogens is 1. The molecule has 0 amide bonds. The molecule has 1 fully saturated rings. The quantitative estimate of drug-likeness (QED) is 0.573. The second-order valence-electron chi connectivity index (χ2n) is 5.27. The van der Waals surface area contributed by atoms with Gasteiger partial charge in [-0.2, -0.15) is 4.98 Å². The molecule has 22 heavy (non-hydrogen) atoms. The fourth-order valence-corrected chi connectivity index (χ4v) is 2.49. The van der Waals surface area contributed by atoms with Gasteiger partial charge in [0.15, 0.2) is 0 Å². The summed E-state index contributed by atoms with van der Waals surface area (Å²) in [6.07, 6.45) is 4.07. The zero-order chi connectivity index (χ0) is 15.1. The number of aromatic nitrogens is 4. The van der Waals surface area contributed by atoms with E-state index in [0.29, 0.717) is 12.0 Å². The number of anilines is 3. The molecule has 0 aliphatic heterocycles. The summed E-state index contributed by atoms with van der Waals surface area (Å²) in [6, 6.07) is 6.05. The van der Waals surface area contributed by atoms with Crippen LogP contribution in [0.3, 0.4) is 0 Å². The molecule has 4 rings (SSSR count). The van der Waals surface area contributed by atoms with E-state index in [4.69, 9.17) is 0 Å². The van der Waals surface area contributed by atoms with Crippen LogP contribution in [0.2, 0.25) is 0 Å². The summed E-state index contributed by atoms with van der Waals surface area (Å²) in [4.78, 5) is 25.4. The number of benzene rings is 1. The van der Waals surface area contributed by atoms with Crippen molar-refractivity contribution >= 4 is 44.4 Å². The predicted molar refractivity (Wildman–Crippen MR) is 88.6 cm³/mol. The maximum Gasteiger partial charge on any atom is 0.323 e. The van der Waals surface area contributed by atoms with Crippen LogP contribution in [-0.4, -0.2) is 26.0 Å². The van der Waals surface area contributed by atoms with E-state index in [1.807, 2.05) is 18.2 Å². The highest BCUT2D eigenvalue weighted by atomic mass is 79.9. The average Bonchev–Trinajstić information content (AvgIpc) is 3.22. The Hall–Kier alpha value is -2.35. The van der Waals surface area contributed by atoms with Crippen molar-refractivity contribution in [1.82, 2.24) is 19.9 Å². The van der Waals surface area contributed by atoms with Gasteiger partial charge in [-0.05, 0) is 47.0 Å². The Kier molecular flexibility index (Phi) is 3.11. The van der Waals surface area contributed by atoms with E-state index in [1.165, 1.54) is 12.8 Å². The molecule has 112 valence electrons. The summed E-state index contributed by atoms with van der Waals surface area (Å²) in [5, 5.41) is 6.50. The van der Waals surface area contributed by atoms with E-state index >= 15 is 0 Å². The highest BCUT2D eigenvalue weighted by Crippen LogP contribution is 2.29. The number of hydrogen-bond donors (Lipinski definition) is 4. The molecule has 1 aromatic carbocycles. The maximum absolute atomic E-state index is 11.3. The molecule has 0 atom stereocenters. The van der Waals surface area contributed by atoms with Gasteiger partial charge in [-0.3, -0.25) is 0 Å². The average molecular weight is 361 g/mol. The lowest BCUT2D eigenvalue weighted by atomic mass is 10.3. The van der Waals surface area contributed by atoms with Crippen LogP contribution >= 0.6 is 15.9 Å². The van der Waals surface area contributed by atoms with Gasteiger partial charge < -0.3 is 20.6 Å². The van der Waals surface area contributed by atoms with Gasteiger partial charge in [-0.1, -0.05) is 0 Å². The summed E-state index contributed by atoms with van der Waals surface area (Å²) >= 11 is 3.45. The van der Waals surface area contributed by atoms with Crippen LogP contribution in [-0.2, 0) is 0 Å². The number of aromatic amines is 2. The summed E-state index contributed by atoms with van der Waals surface area (Å²) in [5.41, 5.74) is 2.09. The first-order valence-electron chi connectivity index (χ1n) is 6.95. The summed E-state index contributed by atoms with van der Waals surface area (Å²) in [5.74, 6) is 1.29. The van der Waals surface area contributed by atoms with Crippen molar-refractivity contribution in [3.05, 3.63) is 39.4 Å². The third-order valence-electron chi connectivity index (χ3n) is 3.43. The molecule has 0 bridgehead atoms. The Morgan fingerprint density at radius 3 is 2.86 bits per heavy atom. The molecule has 4 N–H and O–H groups in total. The van der Waals surface area contributed by atoms with Crippen LogP contribution in [0, 0.1) is 0 Å². The minimum absolute atomic E-state index is 0.219. The van der Waals surface area contributed by atoms with E-state index in [-0.39, 0.29) is 5.69 Å². The Labute approximate surface area is 133 Å². The number of H-pyrrole nitrogens is 2. The molecule has 0 unspecified atom stereocenters. The van der Waals surface area contributed by atoms with E-state index < -0.39 is 0 Å². The van der Waals surface area contributed by atoms with Crippen LogP contribution in [0.4, 0.5) is 17.5 Å². The molecule has 3 aromatic rings. The highest BCUT2D eigenvalue weighted by Gasteiger charge is 2.22. The second-order valence-corrected chi connectivity index (χ2v) is 6.13. The first-order chi connectivity index (χ1) is 10.7. The maximum atomic E-state index is 11.3. The molecule has 7 nitrogen and oxygen atoms in total. The molecule has 1 saturated carbocycles. The first kappa shape index (κ1) is 13.3. The van der Waals surface area contributed by atoms with Crippen LogP contribution in [0.15, 0.2) is 33.7 Å². The SMILES string of the molecule is O=c1[nH]c2ccc(Nc3ncc(Br)c(NC4CC4)n3)cc2[nH]1. The fraction of sp³-hybridized carbons (Fsp3) is 0.214. The number of rotatable bonds is 4. The van der Waals surface area contributed by atoms with Gasteiger partial charge in [0.1, 0.15) is 5.82 Å². The topological polar surface area (TPSA) is 98.5 Å². The molecule has 2 heterocycles. The predicted octanol–water partition coefficient (Wildman–Crippen LogP) is 2.73. The minimum atomic E-state index is -0.219. The van der Waals surface area contributed by atoms with E-state index in [1.54, 1.807) is 6.20 Å². The van der Waals surface area contributed by atoms with Gasteiger partial charge in [0.25, 0.3) is 0 Å². The van der Waals surface area contributed by atoms with Gasteiger partial charge in [0, 0.05) is 17.9 Å². The highest BCUT2D eigenvalue weighted by molar-refractivity contribution is 9.10. The van der Waals surface area contributed by atoms with E-state index in [2.05, 4.69) is 46.5 Å². The van der Waals surface area contributed by atoms with Crippen molar-refractivity contribution in [3.8, 4) is 0 Å². The van der Waals surface area contributed by atoms with Gasteiger partial charge in [-0.15, -0.1) is 0 Å². The zero-order valence-electron chi connectivity index (χ0n) is 11.5. The van der Waals surface area contributed by atoms with Crippen molar-refractivity contribution in [2.24, 2.45) is 0 Å². The van der Waals surface area contributed by atoms with Gasteiger partial charge in [0.05, 0.1) is 15.5 Å². The molecule has 0 spiro atoms. The normalized spacial score (nSPS) is 14.2. The van der Waals surface area contributed by atoms with Crippen LogP contribution in [0.25, 0.3) is 11.0 Å². The standard InChI is InChI=1S/C14H13BrN6O/c15-9-6-16-13(21-12(9)17-7-1-2-7)18-8-3-4-10-11(5-8)20-14(22)19-10/h3-7H,1-2H2,(H2,19,20,22)(H2,16,17,18,21). The van der Waals surface area contributed by atoms with Crippen LogP contribution in [0.5, 0.6) is 0 Å². The molecule has 1 aliphatic rings. The zero-order valence-corrected chi connectivity index (χ0v) is 13.1. The third-order valence-corrected chi connectivity index (χ3v) is 4.01. The van der Waals surface area contributed by atoms with Crippen molar-refractivity contribution in [2.45, 2.75) is 18.9 Å². The largest absolute Gasteiger partial charge is 0.366 e. The molecule has 1 aliphatic carbocycles. The summed E-state index contributed by atoms with van der Waals surface area (Å²) in [6.45, 7) is 0. The number of nitrogens with one attached hydrogen (secondary N) is 4. The molecule has 2 aromatic heterocycles. The Balaban J connectivity index is 1.61. The van der Waals surface area contributed by atoms with Crippen molar-refractivity contribution < 1.29 is 0 Å². The lowest BCUT2D eigenvalue weighted by Gasteiger charge is -2.09. The number of fused-ring (bicyclic) bond motifs is 1. The number of hydrogen-bond acceptors (Lipinski definition) is 5. The smallest absolute Gasteiger partial charge is 0.323 e. The molecular formula is C14H13BrN6O. The third kappa shape index (κ3) is 2.69. The molecule has 0 saturated heterocycles. The lowest BCUT2D eigenvalue weighted by Crippen LogP contribution is -2.06. The van der Waals surface area contributed by atoms with Crippen molar-refractivity contribution in [2.75, 3.05) is 10.6 Å². The van der Waals surface area contributed by atoms with Gasteiger partial charge in [-0.25, -0.2) is 9.78 Å². The molecule has 0 radical (unpaired) electrons. The lowest BCUT2D eigenvalue weighted by molar-refractivity contribution is 1.07. The monoisotopic (exact) mass is 360 g/mol. The Morgan fingerprint density at radius 1 is 1.23 bits per heavy atom. The number of nitrogens with zero attached hydrogens (tertiary/aromatic N) is 2. The van der Waals surface area contributed by atoms with Crippen LogP contribution < -0.4 is 16.3 Å².